The van der Waals surface area contributed by atoms with Gasteiger partial charge in [-0.25, -0.2) is 0 Å². The molecule has 5 nitrogen and oxygen atoms in total. The van der Waals surface area contributed by atoms with Crippen molar-refractivity contribution < 1.29 is 18.7 Å². The minimum Gasteiger partial charge on any atom is -0.493 e. The molecular formula is C29H29NO4. The fourth-order valence-corrected chi connectivity index (χ4v) is 3.89. The largest absolute Gasteiger partial charge is 0.493 e. The van der Waals surface area contributed by atoms with Crippen molar-refractivity contribution in [3.05, 3.63) is 95.3 Å². The minimum atomic E-state index is -0.209. The third kappa shape index (κ3) is 5.15. The van der Waals surface area contributed by atoms with Gasteiger partial charge in [-0.3, -0.25) is 4.79 Å². The molecule has 3 aromatic carbocycles. The number of fused-ring (bicyclic) bond motifs is 1. The Kier molecular flexibility index (Phi) is 7.02. The van der Waals surface area contributed by atoms with Crippen molar-refractivity contribution in [2.75, 3.05) is 11.9 Å². The maximum absolute atomic E-state index is 12.7. The van der Waals surface area contributed by atoms with Crippen LogP contribution >= 0.6 is 0 Å². The summed E-state index contributed by atoms with van der Waals surface area (Å²) in [5, 5.41) is 3.95. The molecule has 5 heteroatoms. The molecule has 1 heterocycles. The average Bonchev–Trinajstić information content (AvgIpc) is 3.21. The van der Waals surface area contributed by atoms with E-state index in [0.717, 1.165) is 50.3 Å². The number of hydrogen-bond acceptors (Lipinski definition) is 4. The van der Waals surface area contributed by atoms with Gasteiger partial charge in [-0.2, -0.15) is 0 Å². The summed E-state index contributed by atoms with van der Waals surface area (Å²) in [5.41, 5.74) is 6.30. The van der Waals surface area contributed by atoms with Crippen LogP contribution in [0.5, 0.6) is 11.5 Å². The first-order valence-corrected chi connectivity index (χ1v) is 11.4. The number of allylic oxidation sites excluding steroid dienone is 1. The second kappa shape index (κ2) is 10.3. The van der Waals surface area contributed by atoms with E-state index in [1.165, 1.54) is 0 Å². The molecule has 0 spiro atoms. The molecule has 0 bridgehead atoms. The number of carbonyl (C=O) groups excluding carboxylic acids is 1. The lowest BCUT2D eigenvalue weighted by Crippen LogP contribution is -2.09. The summed E-state index contributed by atoms with van der Waals surface area (Å²) in [6, 6.07) is 19.4. The molecule has 0 aliphatic heterocycles. The summed E-state index contributed by atoms with van der Waals surface area (Å²) in [6.07, 6.45) is 3.34. The van der Waals surface area contributed by atoms with E-state index in [0.29, 0.717) is 18.9 Å². The van der Waals surface area contributed by atoms with Gasteiger partial charge in [-0.05, 0) is 74.7 Å². The Bertz CT molecular complexity index is 1320. The lowest BCUT2D eigenvalue weighted by atomic mass is 9.98. The Labute approximate surface area is 200 Å². The molecule has 4 rings (SSSR count). The Morgan fingerprint density at radius 2 is 1.76 bits per heavy atom. The number of benzene rings is 3. The first-order chi connectivity index (χ1) is 16.5. The first kappa shape index (κ1) is 23.2. The standard InChI is InChI=1S/C29H29NO4/c1-5-32-28-21(4)29-26(20(3)17-34-29)16-25(28)19(2)15-27(31)30-23-11-13-24(14-12-23)33-18-22-9-7-6-8-10-22/h6-17H,5,18H2,1-4H3,(H,30,31)/b19-15+. The molecule has 174 valence electrons. The van der Waals surface area contributed by atoms with Gasteiger partial charge in [0.05, 0.1) is 12.9 Å². The smallest absolute Gasteiger partial charge is 0.248 e. The van der Waals surface area contributed by atoms with Gasteiger partial charge in [0.15, 0.2) is 0 Å². The summed E-state index contributed by atoms with van der Waals surface area (Å²) >= 11 is 0. The molecule has 0 saturated carbocycles. The minimum absolute atomic E-state index is 0.209. The van der Waals surface area contributed by atoms with E-state index < -0.39 is 0 Å². The summed E-state index contributed by atoms with van der Waals surface area (Å²) in [5.74, 6) is 1.28. The Balaban J connectivity index is 1.48. The second-order valence-electron chi connectivity index (χ2n) is 8.22. The normalized spacial score (nSPS) is 11.5. The Hall–Kier alpha value is -3.99. The monoisotopic (exact) mass is 455 g/mol. The lowest BCUT2D eigenvalue weighted by molar-refractivity contribution is -0.111. The van der Waals surface area contributed by atoms with Crippen LogP contribution in [0, 0.1) is 13.8 Å². The number of rotatable bonds is 8. The number of anilines is 1. The zero-order valence-corrected chi connectivity index (χ0v) is 20.0. The van der Waals surface area contributed by atoms with Crippen molar-refractivity contribution in [2.24, 2.45) is 0 Å². The van der Waals surface area contributed by atoms with Crippen molar-refractivity contribution in [1.82, 2.24) is 0 Å². The molecule has 1 N–H and O–H groups in total. The van der Waals surface area contributed by atoms with Crippen LogP contribution in [-0.2, 0) is 11.4 Å². The Morgan fingerprint density at radius 1 is 1.03 bits per heavy atom. The zero-order chi connectivity index (χ0) is 24.1. The van der Waals surface area contributed by atoms with Crippen LogP contribution < -0.4 is 14.8 Å². The molecule has 0 aliphatic carbocycles. The van der Waals surface area contributed by atoms with Crippen molar-refractivity contribution in [1.29, 1.82) is 0 Å². The van der Waals surface area contributed by atoms with Crippen molar-refractivity contribution in [3.8, 4) is 11.5 Å². The highest BCUT2D eigenvalue weighted by molar-refractivity contribution is 6.05. The van der Waals surface area contributed by atoms with E-state index in [9.17, 15) is 4.79 Å². The Morgan fingerprint density at radius 3 is 2.47 bits per heavy atom. The molecule has 0 fully saturated rings. The van der Waals surface area contributed by atoms with Crippen molar-refractivity contribution >= 4 is 28.1 Å². The summed E-state index contributed by atoms with van der Waals surface area (Å²) in [6.45, 7) is 8.87. The topological polar surface area (TPSA) is 60.7 Å². The van der Waals surface area contributed by atoms with Crippen LogP contribution in [-0.4, -0.2) is 12.5 Å². The van der Waals surface area contributed by atoms with Gasteiger partial charge in [0, 0.05) is 28.3 Å². The number of ether oxygens (including phenoxy) is 2. The summed E-state index contributed by atoms with van der Waals surface area (Å²) < 4.78 is 17.5. The molecule has 1 aromatic heterocycles. The molecule has 4 aromatic rings. The van der Waals surface area contributed by atoms with Gasteiger partial charge >= 0.3 is 0 Å². The van der Waals surface area contributed by atoms with Crippen molar-refractivity contribution in [2.45, 2.75) is 34.3 Å². The summed E-state index contributed by atoms with van der Waals surface area (Å²) in [7, 11) is 0. The quantitative estimate of drug-likeness (QED) is 0.289. The van der Waals surface area contributed by atoms with Crippen LogP contribution in [0.4, 0.5) is 5.69 Å². The van der Waals surface area contributed by atoms with Gasteiger partial charge < -0.3 is 19.2 Å². The van der Waals surface area contributed by atoms with Gasteiger partial charge in [-0.1, -0.05) is 30.3 Å². The van der Waals surface area contributed by atoms with Crippen LogP contribution in [0.3, 0.4) is 0 Å². The SMILES string of the molecule is CCOc1c(/C(C)=C/C(=O)Nc2ccc(OCc3ccccc3)cc2)cc2c(C)coc2c1C. The number of aryl methyl sites for hydroxylation is 2. The van der Waals surface area contributed by atoms with E-state index in [1.807, 2.05) is 88.4 Å². The van der Waals surface area contributed by atoms with Crippen molar-refractivity contribution in [3.63, 3.8) is 0 Å². The molecule has 0 atom stereocenters. The molecule has 0 radical (unpaired) electrons. The van der Waals surface area contributed by atoms with E-state index in [1.54, 1.807) is 12.3 Å². The number of amides is 1. The summed E-state index contributed by atoms with van der Waals surface area (Å²) in [4.78, 5) is 12.7. The van der Waals surface area contributed by atoms with Crippen LogP contribution in [0.15, 0.2) is 77.4 Å². The average molecular weight is 456 g/mol. The van der Waals surface area contributed by atoms with Gasteiger partial charge in [0.1, 0.15) is 23.7 Å². The van der Waals surface area contributed by atoms with E-state index in [-0.39, 0.29) is 5.91 Å². The maximum atomic E-state index is 12.7. The first-order valence-electron chi connectivity index (χ1n) is 11.4. The molecule has 1 amide bonds. The van der Waals surface area contributed by atoms with Gasteiger partial charge in [0.25, 0.3) is 0 Å². The van der Waals surface area contributed by atoms with E-state index in [2.05, 4.69) is 5.32 Å². The third-order valence-electron chi connectivity index (χ3n) is 5.67. The maximum Gasteiger partial charge on any atom is 0.248 e. The second-order valence-corrected chi connectivity index (χ2v) is 8.22. The number of hydrogen-bond donors (Lipinski definition) is 1. The molecule has 34 heavy (non-hydrogen) atoms. The fourth-order valence-electron chi connectivity index (χ4n) is 3.89. The van der Waals surface area contributed by atoms with Crippen LogP contribution in [0.25, 0.3) is 16.5 Å². The predicted octanol–water partition coefficient (Wildman–Crippen LogP) is 7.07. The molecule has 0 unspecified atom stereocenters. The highest BCUT2D eigenvalue weighted by Crippen LogP contribution is 2.37. The van der Waals surface area contributed by atoms with Gasteiger partial charge in [0.2, 0.25) is 5.91 Å². The highest BCUT2D eigenvalue weighted by atomic mass is 16.5. The highest BCUT2D eigenvalue weighted by Gasteiger charge is 2.17. The fraction of sp³-hybridized carbons (Fsp3) is 0.207. The number of carbonyl (C=O) groups is 1. The number of nitrogens with one attached hydrogen (secondary N) is 1. The third-order valence-corrected chi connectivity index (χ3v) is 5.67. The van der Waals surface area contributed by atoms with E-state index >= 15 is 0 Å². The van der Waals surface area contributed by atoms with Crippen LogP contribution in [0.2, 0.25) is 0 Å². The number of furan rings is 1. The zero-order valence-electron chi connectivity index (χ0n) is 20.0. The van der Waals surface area contributed by atoms with Crippen LogP contribution in [0.1, 0.15) is 36.1 Å². The van der Waals surface area contributed by atoms with Gasteiger partial charge in [-0.15, -0.1) is 0 Å². The molecular weight excluding hydrogens is 426 g/mol. The molecule has 0 aliphatic rings. The lowest BCUT2D eigenvalue weighted by Gasteiger charge is -2.14. The molecule has 0 saturated heterocycles. The predicted molar refractivity (Wildman–Crippen MR) is 136 cm³/mol. The van der Waals surface area contributed by atoms with E-state index in [4.69, 9.17) is 13.9 Å².